The summed E-state index contributed by atoms with van der Waals surface area (Å²) in [6.07, 6.45) is 3.58. The second-order valence-electron chi connectivity index (χ2n) is 5.87. The Labute approximate surface area is 150 Å². The second-order valence-corrected chi connectivity index (χ2v) is 5.87. The molecule has 0 bridgehead atoms. The molecule has 0 aliphatic carbocycles. The number of ether oxygens (including phenoxy) is 1. The van der Waals surface area contributed by atoms with Crippen molar-refractivity contribution in [2.45, 2.75) is 39.5 Å². The normalized spacial score (nSPS) is 11.6. The van der Waals surface area contributed by atoms with Crippen LogP contribution in [0, 0.1) is 5.92 Å². The smallest absolute Gasteiger partial charge is 0.339 e. The molecule has 0 saturated carbocycles. The van der Waals surface area contributed by atoms with Crippen LogP contribution < -0.4 is 0 Å². The Morgan fingerprint density at radius 2 is 1.35 bits per heavy atom. The Balaban J connectivity index is 3.18. The van der Waals surface area contributed by atoms with Crippen molar-refractivity contribution in [1.29, 1.82) is 0 Å². The molecule has 26 heavy (non-hydrogen) atoms. The highest BCUT2D eigenvalue weighted by molar-refractivity contribution is 6.09. The molecule has 0 heterocycles. The van der Waals surface area contributed by atoms with Crippen LogP contribution >= 0.6 is 0 Å². The quantitative estimate of drug-likeness (QED) is 0.537. The minimum absolute atomic E-state index is 0.0808. The maximum atomic E-state index is 12.3. The van der Waals surface area contributed by atoms with Gasteiger partial charge < -0.3 is 20.1 Å². The highest BCUT2D eigenvalue weighted by Gasteiger charge is 2.26. The standard InChI is InChI=1S/C18H22O8/c1-3-5-6-10(4-2)9-26-18(25)14-8-12(16(21)22)11(15(19)20)7-13(14)17(23)24/h7-8,10H,3-6,9H2,1-2H3,(H,19,20)(H,21,22)(H,23,24). The number of rotatable bonds is 10. The van der Waals surface area contributed by atoms with Crippen LogP contribution in [0.25, 0.3) is 0 Å². The Morgan fingerprint density at radius 3 is 1.77 bits per heavy atom. The van der Waals surface area contributed by atoms with E-state index < -0.39 is 46.1 Å². The lowest BCUT2D eigenvalue weighted by molar-refractivity contribution is 0.0419. The average Bonchev–Trinajstić information content (AvgIpc) is 2.60. The molecule has 1 aromatic carbocycles. The maximum Gasteiger partial charge on any atom is 0.339 e. The molecule has 0 spiro atoms. The zero-order valence-electron chi connectivity index (χ0n) is 14.7. The highest BCUT2D eigenvalue weighted by Crippen LogP contribution is 2.21. The third-order valence-electron chi connectivity index (χ3n) is 4.06. The summed E-state index contributed by atoms with van der Waals surface area (Å²) in [5.74, 6) is -5.60. The van der Waals surface area contributed by atoms with Crippen molar-refractivity contribution in [3.63, 3.8) is 0 Å². The largest absolute Gasteiger partial charge is 0.478 e. The Hall–Kier alpha value is -2.90. The van der Waals surface area contributed by atoms with Crippen molar-refractivity contribution in [3.05, 3.63) is 34.4 Å². The van der Waals surface area contributed by atoms with Crippen LogP contribution in [0.3, 0.4) is 0 Å². The maximum absolute atomic E-state index is 12.3. The van der Waals surface area contributed by atoms with E-state index in [1.165, 1.54) is 0 Å². The van der Waals surface area contributed by atoms with Crippen molar-refractivity contribution in [2.24, 2.45) is 5.92 Å². The van der Waals surface area contributed by atoms with E-state index in [2.05, 4.69) is 0 Å². The SMILES string of the molecule is CCCCC(CC)COC(=O)c1cc(C(=O)O)c(C(=O)O)cc1C(=O)O. The number of hydrogen-bond donors (Lipinski definition) is 3. The fourth-order valence-electron chi connectivity index (χ4n) is 2.47. The van der Waals surface area contributed by atoms with Gasteiger partial charge in [0, 0.05) is 0 Å². The van der Waals surface area contributed by atoms with Gasteiger partial charge in [-0.2, -0.15) is 0 Å². The molecule has 8 heteroatoms. The molecular formula is C18H22O8. The zero-order chi connectivity index (χ0) is 19.9. The molecule has 0 fully saturated rings. The van der Waals surface area contributed by atoms with E-state index in [0.29, 0.717) is 6.07 Å². The molecule has 0 radical (unpaired) electrons. The van der Waals surface area contributed by atoms with Gasteiger partial charge in [0.2, 0.25) is 0 Å². The number of unbranched alkanes of at least 4 members (excludes halogenated alkanes) is 1. The van der Waals surface area contributed by atoms with Crippen LogP contribution in [0.15, 0.2) is 12.1 Å². The molecular weight excluding hydrogens is 344 g/mol. The van der Waals surface area contributed by atoms with E-state index in [-0.39, 0.29) is 12.5 Å². The predicted octanol–water partition coefficient (Wildman–Crippen LogP) is 3.15. The summed E-state index contributed by atoms with van der Waals surface area (Å²) in [4.78, 5) is 46.1. The summed E-state index contributed by atoms with van der Waals surface area (Å²) in [6, 6.07) is 1.41. The van der Waals surface area contributed by atoms with Crippen molar-refractivity contribution < 1.29 is 39.2 Å². The lowest BCUT2D eigenvalue weighted by Gasteiger charge is -2.15. The molecule has 1 aromatic rings. The molecule has 0 amide bonds. The van der Waals surface area contributed by atoms with Crippen LogP contribution in [0.1, 0.15) is 81.0 Å². The first-order chi connectivity index (χ1) is 12.2. The van der Waals surface area contributed by atoms with Gasteiger partial charge in [0.1, 0.15) is 0 Å². The van der Waals surface area contributed by atoms with Gasteiger partial charge in [-0.15, -0.1) is 0 Å². The average molecular weight is 366 g/mol. The number of aromatic carboxylic acids is 3. The topological polar surface area (TPSA) is 138 Å². The van der Waals surface area contributed by atoms with Gasteiger partial charge in [-0.3, -0.25) is 0 Å². The summed E-state index contributed by atoms with van der Waals surface area (Å²) in [5, 5.41) is 27.5. The summed E-state index contributed by atoms with van der Waals surface area (Å²) in [5.41, 5.74) is -2.47. The Bertz CT molecular complexity index is 707. The van der Waals surface area contributed by atoms with Crippen LogP contribution in [0.5, 0.6) is 0 Å². The molecule has 8 nitrogen and oxygen atoms in total. The molecule has 1 rings (SSSR count). The third-order valence-corrected chi connectivity index (χ3v) is 4.06. The Kier molecular flexibility index (Phi) is 7.77. The molecule has 0 aliphatic rings. The lowest BCUT2D eigenvalue weighted by atomic mass is 9.97. The fourth-order valence-corrected chi connectivity index (χ4v) is 2.47. The molecule has 0 aromatic heterocycles. The summed E-state index contributed by atoms with van der Waals surface area (Å²) in [7, 11) is 0. The minimum atomic E-state index is -1.60. The molecule has 0 aliphatic heterocycles. The van der Waals surface area contributed by atoms with Crippen molar-refractivity contribution in [3.8, 4) is 0 Å². The number of benzene rings is 1. The van der Waals surface area contributed by atoms with Crippen molar-refractivity contribution in [2.75, 3.05) is 6.61 Å². The second kappa shape index (κ2) is 9.55. The number of carbonyl (C=O) groups excluding carboxylic acids is 1. The molecule has 142 valence electrons. The summed E-state index contributed by atoms with van der Waals surface area (Å²) < 4.78 is 5.16. The first-order valence-corrected chi connectivity index (χ1v) is 8.27. The Morgan fingerprint density at radius 1 is 0.885 bits per heavy atom. The van der Waals surface area contributed by atoms with Gasteiger partial charge in [0.05, 0.1) is 28.9 Å². The zero-order valence-corrected chi connectivity index (χ0v) is 14.7. The van der Waals surface area contributed by atoms with E-state index in [4.69, 9.17) is 14.9 Å². The number of hydrogen-bond acceptors (Lipinski definition) is 5. The lowest BCUT2D eigenvalue weighted by Crippen LogP contribution is -2.19. The van der Waals surface area contributed by atoms with Gasteiger partial charge in [-0.1, -0.05) is 33.1 Å². The van der Waals surface area contributed by atoms with Gasteiger partial charge >= 0.3 is 23.9 Å². The molecule has 0 saturated heterocycles. The minimum Gasteiger partial charge on any atom is -0.478 e. The van der Waals surface area contributed by atoms with E-state index in [0.717, 1.165) is 31.7 Å². The predicted molar refractivity (Wildman–Crippen MR) is 90.9 cm³/mol. The molecule has 3 N–H and O–H groups in total. The van der Waals surface area contributed by atoms with Gasteiger partial charge in [-0.25, -0.2) is 19.2 Å². The van der Waals surface area contributed by atoms with Crippen molar-refractivity contribution >= 4 is 23.9 Å². The van der Waals surface area contributed by atoms with Gasteiger partial charge in [0.25, 0.3) is 0 Å². The van der Waals surface area contributed by atoms with E-state index in [1.54, 1.807) is 0 Å². The van der Waals surface area contributed by atoms with Crippen LogP contribution in [0.4, 0.5) is 0 Å². The van der Waals surface area contributed by atoms with Crippen LogP contribution in [-0.4, -0.2) is 45.8 Å². The molecule has 1 atom stereocenters. The third kappa shape index (κ3) is 5.30. The summed E-state index contributed by atoms with van der Waals surface area (Å²) >= 11 is 0. The number of carboxylic acid groups (broad SMARTS) is 3. The highest BCUT2D eigenvalue weighted by atomic mass is 16.5. The fraction of sp³-hybridized carbons (Fsp3) is 0.444. The first kappa shape index (κ1) is 21.1. The molecule has 1 unspecified atom stereocenters. The van der Waals surface area contributed by atoms with Crippen molar-refractivity contribution in [1.82, 2.24) is 0 Å². The monoisotopic (exact) mass is 366 g/mol. The van der Waals surface area contributed by atoms with Crippen LogP contribution in [0.2, 0.25) is 0 Å². The summed E-state index contributed by atoms with van der Waals surface area (Å²) in [6.45, 7) is 4.06. The van der Waals surface area contributed by atoms with E-state index in [9.17, 15) is 24.3 Å². The van der Waals surface area contributed by atoms with E-state index in [1.807, 2.05) is 13.8 Å². The van der Waals surface area contributed by atoms with E-state index >= 15 is 0 Å². The number of carbonyl (C=O) groups is 4. The van der Waals surface area contributed by atoms with Gasteiger partial charge in [-0.05, 0) is 24.5 Å². The van der Waals surface area contributed by atoms with Crippen LogP contribution in [-0.2, 0) is 4.74 Å². The number of carboxylic acids is 3. The number of esters is 1. The first-order valence-electron chi connectivity index (χ1n) is 8.27. The van der Waals surface area contributed by atoms with Gasteiger partial charge in [0.15, 0.2) is 0 Å².